The van der Waals surface area contributed by atoms with Crippen LogP contribution >= 0.6 is 11.3 Å². The van der Waals surface area contributed by atoms with Crippen LogP contribution in [-0.4, -0.2) is 17.8 Å². The fourth-order valence-electron chi connectivity index (χ4n) is 16.6. The number of rotatable bonds is 1. The summed E-state index contributed by atoms with van der Waals surface area (Å²) >= 11 is 2.08. The van der Waals surface area contributed by atoms with Crippen LogP contribution in [0.1, 0.15) is 203 Å². The third-order valence-electron chi connectivity index (χ3n) is 21.0. The van der Waals surface area contributed by atoms with Crippen molar-refractivity contribution in [3.63, 3.8) is 0 Å². The molecular weight excluding hydrogens is 878 g/mol. The maximum atomic E-state index is 3.00. The predicted octanol–water partition coefficient (Wildman–Crippen LogP) is 16.1. The third-order valence-corrected chi connectivity index (χ3v) is 22.2. The number of fused-ring (bicyclic) bond motifs is 13. The Kier molecular flexibility index (Phi) is 8.79. The first-order valence-corrected chi connectivity index (χ1v) is 28.6. The zero-order chi connectivity index (χ0) is 49.5. The molecule has 6 heterocycles. The average Bonchev–Trinajstić information content (AvgIpc) is 3.72. The Morgan fingerprint density at radius 3 is 1.93 bits per heavy atom. The Morgan fingerprint density at radius 1 is 0.592 bits per heavy atom. The molecular formula is C66H76BN3S. The summed E-state index contributed by atoms with van der Waals surface area (Å²) < 4.78 is 1.45. The Hall–Kier alpha value is -4.74. The molecule has 5 aliphatic heterocycles. The lowest BCUT2D eigenvalue weighted by molar-refractivity contribution is 0.194. The van der Waals surface area contributed by atoms with Crippen molar-refractivity contribution < 1.29 is 0 Å². The van der Waals surface area contributed by atoms with E-state index in [2.05, 4.69) is 202 Å². The number of allylic oxidation sites excluding steroid dienone is 2. The zero-order valence-electron chi connectivity index (χ0n) is 45.5. The molecule has 364 valence electrons. The van der Waals surface area contributed by atoms with Gasteiger partial charge in [-0.05, 0) is 161 Å². The summed E-state index contributed by atoms with van der Waals surface area (Å²) in [7, 11) is 0. The van der Waals surface area contributed by atoms with Gasteiger partial charge in [-0.1, -0.05) is 156 Å². The van der Waals surface area contributed by atoms with Crippen LogP contribution in [-0.2, 0) is 33.5 Å². The van der Waals surface area contributed by atoms with Crippen molar-refractivity contribution in [2.24, 2.45) is 0 Å². The molecule has 5 unspecified atom stereocenters. The highest BCUT2D eigenvalue weighted by atomic mass is 32.1. The van der Waals surface area contributed by atoms with Gasteiger partial charge in [0.1, 0.15) is 0 Å². The lowest BCUT2D eigenvalue weighted by Gasteiger charge is -2.54. The molecule has 0 bridgehead atoms. The molecule has 1 aromatic heterocycles. The molecule has 5 aromatic carbocycles. The summed E-state index contributed by atoms with van der Waals surface area (Å²) in [4.78, 5) is 10.4. The van der Waals surface area contributed by atoms with Gasteiger partial charge in [0.25, 0.3) is 6.71 Å². The van der Waals surface area contributed by atoms with E-state index in [0.717, 1.165) is 12.8 Å². The molecule has 14 rings (SSSR count). The first kappa shape index (κ1) is 44.9. The van der Waals surface area contributed by atoms with Gasteiger partial charge in [-0.15, -0.1) is 11.3 Å². The Balaban J connectivity index is 1.16. The fraction of sp³-hybridized carbons (Fsp3) is 0.485. The maximum Gasteiger partial charge on any atom is 0.252 e. The molecule has 3 nitrogen and oxygen atoms in total. The lowest BCUT2D eigenvalue weighted by atomic mass is 9.33. The second kappa shape index (κ2) is 13.9. The van der Waals surface area contributed by atoms with Crippen molar-refractivity contribution in [1.82, 2.24) is 0 Å². The van der Waals surface area contributed by atoms with E-state index in [1.807, 2.05) is 0 Å². The molecule has 5 heteroatoms. The standard InChI is InChI=1S/C66H76BN3S/c1-38-31-40(61(5,6)7)32-44-43-21-15-16-22-52-54(43)55-53(71-52)26-24-47-59(55)68(57(38)44)50-36-42(69-49-25-23-39(60(2,3)4)33-45(49)63(11)27-17-19-29-65(63,69)13)37-51-56(50)67(47)48-35-41(62(8,9)10)34-46-58(48)70(51)66(14)30-20-18-28-64(46,66)12/h15,21,23-26,31-37,43H,16-20,22,27-30H2,1-14H3. The lowest BCUT2D eigenvalue weighted by Crippen LogP contribution is -2.64. The number of benzene rings is 5. The van der Waals surface area contributed by atoms with Crippen LogP contribution in [0.5, 0.6) is 0 Å². The Bertz CT molecular complexity index is 3400. The predicted molar refractivity (Wildman–Crippen MR) is 307 cm³/mol. The summed E-state index contributed by atoms with van der Waals surface area (Å²) in [6.07, 6.45) is 17.2. The van der Waals surface area contributed by atoms with Crippen LogP contribution in [0, 0.1) is 6.92 Å². The van der Waals surface area contributed by atoms with Gasteiger partial charge in [-0.2, -0.15) is 0 Å². The monoisotopic (exact) mass is 954 g/mol. The molecule has 5 atom stereocenters. The molecule has 0 saturated heterocycles. The number of hydrogen-bond donors (Lipinski definition) is 0. The van der Waals surface area contributed by atoms with Crippen molar-refractivity contribution in [2.75, 3.05) is 14.7 Å². The minimum Gasteiger partial charge on any atom is -0.335 e. The third kappa shape index (κ3) is 5.48. The number of hydrogen-bond acceptors (Lipinski definition) is 4. The molecule has 0 radical (unpaired) electrons. The largest absolute Gasteiger partial charge is 0.335 e. The van der Waals surface area contributed by atoms with Crippen LogP contribution in [0.4, 0.5) is 39.8 Å². The summed E-state index contributed by atoms with van der Waals surface area (Å²) in [5.41, 5.74) is 26.5. The number of nitrogens with zero attached hydrogens (tertiary/aromatic N) is 3. The number of thiophene rings is 1. The van der Waals surface area contributed by atoms with Crippen LogP contribution in [0.15, 0.2) is 78.9 Å². The minimum atomic E-state index is -0.0888. The molecule has 6 aromatic rings. The van der Waals surface area contributed by atoms with E-state index in [4.69, 9.17) is 0 Å². The number of aryl methyl sites for hydroxylation is 2. The highest BCUT2D eigenvalue weighted by molar-refractivity contribution is 7.19. The van der Waals surface area contributed by atoms with E-state index < -0.39 is 0 Å². The Labute approximate surface area is 430 Å². The van der Waals surface area contributed by atoms with E-state index in [9.17, 15) is 0 Å². The van der Waals surface area contributed by atoms with Crippen LogP contribution in [0.3, 0.4) is 0 Å². The Morgan fingerprint density at radius 2 is 1.23 bits per heavy atom. The summed E-state index contributed by atoms with van der Waals surface area (Å²) in [5.74, 6) is 0.192. The van der Waals surface area contributed by atoms with E-state index in [1.54, 1.807) is 21.6 Å². The van der Waals surface area contributed by atoms with Crippen molar-refractivity contribution in [3.8, 4) is 0 Å². The van der Waals surface area contributed by atoms with Gasteiger partial charge in [-0.25, -0.2) is 0 Å². The SMILES string of the molecule is Cc1cc(C(C)(C)C)cc2c1N1c3cc(N4c5ccc(C(C)(C)C)cc5C5(C)CCCCC45C)cc4c3B(c3cc(C(C)(C)C)cc5c3N4C3(C)CCCCC53C)c3ccc4sc5c(c4c31)C2C=CCC5. The first-order chi connectivity index (χ1) is 33.5. The van der Waals surface area contributed by atoms with Gasteiger partial charge in [0.15, 0.2) is 0 Å². The normalized spacial score (nSPS) is 27.5. The van der Waals surface area contributed by atoms with Crippen LogP contribution in [0.2, 0.25) is 0 Å². The van der Waals surface area contributed by atoms with E-state index >= 15 is 0 Å². The second-order valence-corrected chi connectivity index (χ2v) is 29.0. The van der Waals surface area contributed by atoms with Crippen molar-refractivity contribution in [3.05, 3.63) is 128 Å². The highest BCUT2D eigenvalue weighted by Crippen LogP contribution is 2.66. The van der Waals surface area contributed by atoms with Gasteiger partial charge >= 0.3 is 0 Å². The van der Waals surface area contributed by atoms with E-state index in [0.29, 0.717) is 0 Å². The van der Waals surface area contributed by atoms with Gasteiger partial charge < -0.3 is 14.7 Å². The molecule has 3 aliphatic carbocycles. The molecule has 0 spiro atoms. The summed E-state index contributed by atoms with van der Waals surface area (Å²) in [5, 5.41) is 1.51. The van der Waals surface area contributed by atoms with Crippen molar-refractivity contribution >= 4 is 84.3 Å². The molecule has 2 fully saturated rings. The molecule has 0 amide bonds. The highest BCUT2D eigenvalue weighted by Gasteiger charge is 2.63. The first-order valence-electron chi connectivity index (χ1n) is 27.8. The molecule has 8 aliphatic rings. The van der Waals surface area contributed by atoms with Gasteiger partial charge in [-0.3, -0.25) is 0 Å². The molecule has 71 heavy (non-hydrogen) atoms. The van der Waals surface area contributed by atoms with Gasteiger partial charge in [0.05, 0.1) is 22.5 Å². The fourth-order valence-corrected chi connectivity index (χ4v) is 17.8. The van der Waals surface area contributed by atoms with Gasteiger partial charge in [0.2, 0.25) is 0 Å². The molecule has 2 saturated carbocycles. The average molecular weight is 954 g/mol. The zero-order valence-corrected chi connectivity index (χ0v) is 46.3. The topological polar surface area (TPSA) is 9.72 Å². The quantitative estimate of drug-likeness (QED) is 0.120. The maximum absolute atomic E-state index is 3.00. The smallest absolute Gasteiger partial charge is 0.252 e. The summed E-state index contributed by atoms with van der Waals surface area (Å²) in [6, 6.07) is 28.9. The van der Waals surface area contributed by atoms with Gasteiger partial charge in [0, 0.05) is 60.1 Å². The van der Waals surface area contributed by atoms with Crippen molar-refractivity contribution in [2.45, 2.75) is 205 Å². The van der Waals surface area contributed by atoms with E-state index in [-0.39, 0.29) is 50.8 Å². The second-order valence-electron chi connectivity index (χ2n) is 27.9. The van der Waals surface area contributed by atoms with Crippen molar-refractivity contribution in [1.29, 1.82) is 0 Å². The van der Waals surface area contributed by atoms with E-state index in [1.165, 1.54) is 145 Å². The minimum absolute atomic E-state index is 0.00683. The number of anilines is 7. The summed E-state index contributed by atoms with van der Waals surface area (Å²) in [6.45, 7) is 35.0. The molecule has 0 N–H and O–H groups in total. The van der Waals surface area contributed by atoms with Crippen LogP contribution in [0.25, 0.3) is 10.1 Å². The van der Waals surface area contributed by atoms with Crippen LogP contribution < -0.4 is 31.1 Å².